The average molecular weight is 733 g/mol. The molecule has 3 aromatic carbocycles. The van der Waals surface area contributed by atoms with Crippen LogP contribution in [0.25, 0.3) is 21.5 Å². The molecular formula is C38H38FN2O6PS2. The molecule has 5 aromatic rings. The number of nitrogens with zero attached hydrogens (tertiary/aromatic N) is 2. The van der Waals surface area contributed by atoms with Crippen LogP contribution in [0.5, 0.6) is 11.5 Å². The molecule has 1 unspecified atom stereocenters. The van der Waals surface area contributed by atoms with Crippen LogP contribution in [0.1, 0.15) is 43.5 Å². The van der Waals surface area contributed by atoms with E-state index in [0.717, 1.165) is 37.4 Å². The molecular weight excluding hydrogens is 695 g/mol. The Morgan fingerprint density at radius 1 is 1.04 bits per heavy atom. The number of carbonyl (C=O) groups is 1. The molecule has 0 radical (unpaired) electrons. The van der Waals surface area contributed by atoms with Gasteiger partial charge in [-0.25, -0.2) is 21.8 Å². The largest absolute Gasteiger partial charge is 0.466 e. The number of hydrogen-bond acceptors (Lipinski definition) is 8. The first kappa shape index (κ1) is 35.5. The Morgan fingerprint density at radius 3 is 2.56 bits per heavy atom. The predicted octanol–water partition coefficient (Wildman–Crippen LogP) is 9.34. The number of esters is 1. The summed E-state index contributed by atoms with van der Waals surface area (Å²) in [6.07, 6.45) is 5.61. The lowest BCUT2D eigenvalue weighted by Gasteiger charge is -2.31. The van der Waals surface area contributed by atoms with E-state index in [0.29, 0.717) is 53.6 Å². The van der Waals surface area contributed by atoms with Gasteiger partial charge in [0.2, 0.25) is 0 Å². The third-order valence-corrected chi connectivity index (χ3v) is 13.6. The van der Waals surface area contributed by atoms with Gasteiger partial charge in [-0.1, -0.05) is 42.5 Å². The minimum absolute atomic E-state index is 0.123. The summed E-state index contributed by atoms with van der Waals surface area (Å²) in [6, 6.07) is 22.5. The summed E-state index contributed by atoms with van der Waals surface area (Å²) in [7, 11) is -6.97. The zero-order valence-corrected chi connectivity index (χ0v) is 30.8. The molecule has 1 atom stereocenters. The second-order valence-corrected chi connectivity index (χ2v) is 19.1. The quantitative estimate of drug-likeness (QED) is 0.0930. The van der Waals surface area contributed by atoms with E-state index in [4.69, 9.17) is 14.5 Å². The average Bonchev–Trinajstić information content (AvgIpc) is 3.72. The van der Waals surface area contributed by atoms with Gasteiger partial charge < -0.3 is 14.0 Å². The van der Waals surface area contributed by atoms with Crippen molar-refractivity contribution in [2.75, 3.05) is 19.9 Å². The Labute approximate surface area is 295 Å². The van der Waals surface area contributed by atoms with Crippen molar-refractivity contribution in [3.8, 4) is 22.1 Å². The van der Waals surface area contributed by atoms with Crippen molar-refractivity contribution < 1.29 is 31.6 Å². The number of ether oxygens (including phenoxy) is 2. The molecule has 8 nitrogen and oxygen atoms in total. The van der Waals surface area contributed by atoms with E-state index in [-0.39, 0.29) is 12.4 Å². The monoisotopic (exact) mass is 732 g/mol. The molecule has 12 heteroatoms. The molecule has 1 aliphatic carbocycles. The molecule has 0 saturated heterocycles. The number of hydrogen-bond donors (Lipinski definition) is 0. The van der Waals surface area contributed by atoms with E-state index in [2.05, 4.69) is 12.1 Å². The lowest BCUT2D eigenvalue weighted by molar-refractivity contribution is -0.143. The number of thiazole rings is 1. The number of halogens is 1. The Balaban J connectivity index is 1.15. The Hall–Kier alpha value is -4.31. The second-order valence-electron chi connectivity index (χ2n) is 12.8. The summed E-state index contributed by atoms with van der Waals surface area (Å²) in [5.74, 6) is 0.0779. The zero-order valence-electron chi connectivity index (χ0n) is 28.3. The maximum atomic E-state index is 15.4. The van der Waals surface area contributed by atoms with Gasteiger partial charge in [0.1, 0.15) is 34.2 Å². The summed E-state index contributed by atoms with van der Waals surface area (Å²) in [4.78, 5) is 16.6. The van der Waals surface area contributed by atoms with Crippen LogP contribution in [-0.4, -0.2) is 48.0 Å². The fraction of sp³-hybridized carbons (Fsp3) is 0.263. The van der Waals surface area contributed by atoms with Gasteiger partial charge in [-0.2, -0.15) is 0 Å². The molecule has 50 heavy (non-hydrogen) atoms. The minimum atomic E-state index is -4.22. The highest BCUT2D eigenvalue weighted by Gasteiger charge is 2.46. The summed E-state index contributed by atoms with van der Waals surface area (Å²) in [5.41, 5.74) is 4.42. The van der Waals surface area contributed by atoms with Crippen LogP contribution in [0, 0.1) is 0 Å². The van der Waals surface area contributed by atoms with Crippen molar-refractivity contribution in [1.82, 2.24) is 8.96 Å². The molecule has 260 valence electrons. The number of allylic oxidation sites excluding steroid dienone is 3. The van der Waals surface area contributed by atoms with Crippen LogP contribution in [0.4, 0.5) is 4.39 Å². The zero-order chi connectivity index (χ0) is 35.7. The first-order chi connectivity index (χ1) is 23.8. The Morgan fingerprint density at radius 2 is 1.80 bits per heavy atom. The Kier molecular flexibility index (Phi) is 10.0. The van der Waals surface area contributed by atoms with Crippen LogP contribution >= 0.6 is 18.5 Å². The number of carbonyl (C=O) groups excluding carboxylic acids is 1. The maximum Gasteiger partial charge on any atom is 0.306 e. The van der Waals surface area contributed by atoms with Gasteiger partial charge in [0.05, 0.1) is 17.8 Å². The van der Waals surface area contributed by atoms with Crippen LogP contribution in [-0.2, 0) is 37.0 Å². The first-order valence-corrected chi connectivity index (χ1v) is 21.1. The normalized spacial score (nSPS) is 16.6. The highest BCUT2D eigenvalue weighted by molar-refractivity contribution is 7.91. The van der Waals surface area contributed by atoms with Gasteiger partial charge in [-0.3, -0.25) is 4.79 Å². The molecule has 0 saturated carbocycles. The smallest absolute Gasteiger partial charge is 0.306 e. The third kappa shape index (κ3) is 7.41. The van der Waals surface area contributed by atoms with Crippen molar-refractivity contribution in [3.63, 3.8) is 0 Å². The van der Waals surface area contributed by atoms with Gasteiger partial charge in [0, 0.05) is 40.7 Å². The standard InChI is InChI=1S/C38H38FN2O6PS2/c1-5-46-36(42)15-12-26-8-6-9-27(20-26)21-30-25-49-37(40-30)29-10-7-11-31(23-29)47-32-13-14-34-28(22-32)17-19-41(34)50(44,45)38(2)18-16-33(24-35(38)39)48(3,4)43/h6-11,13-14,16-17,19-20,22-25H,5,12,15,18,21H2,1-4H3. The predicted molar refractivity (Wildman–Crippen MR) is 198 cm³/mol. The summed E-state index contributed by atoms with van der Waals surface area (Å²) in [5, 5.41) is 3.84. The Bertz CT molecular complexity index is 2300. The van der Waals surface area contributed by atoms with E-state index in [1.54, 1.807) is 48.6 Å². The highest BCUT2D eigenvalue weighted by Crippen LogP contribution is 2.51. The molecule has 0 amide bonds. The molecule has 0 spiro atoms. The van der Waals surface area contributed by atoms with Crippen molar-refractivity contribution >= 4 is 45.4 Å². The van der Waals surface area contributed by atoms with Crippen molar-refractivity contribution in [2.45, 2.75) is 44.3 Å². The summed E-state index contributed by atoms with van der Waals surface area (Å²) in [6.45, 7) is 6.61. The molecule has 2 aromatic heterocycles. The number of rotatable bonds is 12. The van der Waals surface area contributed by atoms with Gasteiger partial charge in [0.25, 0.3) is 10.0 Å². The highest BCUT2D eigenvalue weighted by atomic mass is 32.2. The van der Waals surface area contributed by atoms with E-state index in [9.17, 15) is 17.8 Å². The van der Waals surface area contributed by atoms with Gasteiger partial charge >= 0.3 is 5.97 Å². The molecule has 0 N–H and O–H groups in total. The lowest BCUT2D eigenvalue weighted by atomic mass is 10.0. The fourth-order valence-corrected chi connectivity index (χ4v) is 9.31. The van der Waals surface area contributed by atoms with Gasteiger partial charge in [-0.15, -0.1) is 11.3 Å². The molecule has 2 heterocycles. The number of aryl methyl sites for hydroxylation is 1. The number of benzene rings is 3. The van der Waals surface area contributed by atoms with Crippen molar-refractivity contribution in [1.29, 1.82) is 0 Å². The molecule has 6 rings (SSSR count). The van der Waals surface area contributed by atoms with E-state index < -0.39 is 27.7 Å². The van der Waals surface area contributed by atoms with Gasteiger partial charge in [-0.05, 0) is 93.6 Å². The first-order valence-electron chi connectivity index (χ1n) is 16.2. The number of aromatic nitrogens is 2. The second kappa shape index (κ2) is 14.1. The number of fused-ring (bicyclic) bond motifs is 1. The van der Waals surface area contributed by atoms with Crippen molar-refractivity contribution in [2.24, 2.45) is 0 Å². The topological polar surface area (TPSA) is 105 Å². The van der Waals surface area contributed by atoms with Crippen LogP contribution < -0.4 is 4.74 Å². The summed E-state index contributed by atoms with van der Waals surface area (Å²) >= 11 is 1.54. The van der Waals surface area contributed by atoms with E-state index in [1.807, 2.05) is 41.8 Å². The van der Waals surface area contributed by atoms with Crippen LogP contribution in [0.15, 0.2) is 108 Å². The lowest BCUT2D eigenvalue weighted by Crippen LogP contribution is -2.40. The minimum Gasteiger partial charge on any atom is -0.466 e. The van der Waals surface area contributed by atoms with Crippen molar-refractivity contribution in [3.05, 3.63) is 124 Å². The fourth-order valence-electron chi connectivity index (χ4n) is 5.86. The van der Waals surface area contributed by atoms with E-state index >= 15 is 4.39 Å². The van der Waals surface area contributed by atoms with Crippen LogP contribution in [0.3, 0.4) is 0 Å². The maximum absolute atomic E-state index is 15.4. The van der Waals surface area contributed by atoms with E-state index in [1.165, 1.54) is 26.5 Å². The molecule has 0 aliphatic heterocycles. The molecule has 0 bridgehead atoms. The SMILES string of the molecule is CCOC(=O)CCc1cccc(Cc2csc(-c3cccc(Oc4ccc5c(ccn5S(=O)(=O)C5(C)CC=C(P(C)(C)=O)C=C5F)c4)c3)n2)c1. The molecule has 1 aliphatic rings. The third-order valence-electron chi connectivity index (χ3n) is 8.72. The van der Waals surface area contributed by atoms with Crippen LogP contribution in [0.2, 0.25) is 0 Å². The van der Waals surface area contributed by atoms with Gasteiger partial charge in [0.15, 0.2) is 0 Å². The molecule has 0 fully saturated rings. The summed E-state index contributed by atoms with van der Waals surface area (Å²) < 4.78 is 66.1.